The lowest BCUT2D eigenvalue weighted by Crippen LogP contribution is -2.14. The molecule has 1 N–H and O–H groups in total. The van der Waals surface area contributed by atoms with Gasteiger partial charge in [-0.25, -0.2) is 4.98 Å². The Balaban J connectivity index is 1.72. The second-order valence-electron chi connectivity index (χ2n) is 4.72. The summed E-state index contributed by atoms with van der Waals surface area (Å²) in [5, 5.41) is 3.35. The van der Waals surface area contributed by atoms with E-state index in [1.54, 1.807) is 0 Å². The van der Waals surface area contributed by atoms with Crippen LogP contribution in [0.5, 0.6) is 5.88 Å². The zero-order valence-electron chi connectivity index (χ0n) is 11.0. The quantitative estimate of drug-likeness (QED) is 0.752. The van der Waals surface area contributed by atoms with Crippen LogP contribution in [0.25, 0.3) is 0 Å². The van der Waals surface area contributed by atoms with Crippen LogP contribution in [0.15, 0.2) is 18.3 Å². The highest BCUT2D eigenvalue weighted by Crippen LogP contribution is 2.15. The van der Waals surface area contributed by atoms with Gasteiger partial charge in [-0.05, 0) is 24.9 Å². The van der Waals surface area contributed by atoms with Crippen LogP contribution in [-0.4, -0.2) is 31.3 Å². The Bertz CT molecular complexity index is 334. The Morgan fingerprint density at radius 3 is 3.11 bits per heavy atom. The third-order valence-corrected chi connectivity index (χ3v) is 3.04. The molecule has 1 aromatic rings. The Morgan fingerprint density at radius 2 is 2.44 bits per heavy atom. The van der Waals surface area contributed by atoms with E-state index in [2.05, 4.69) is 23.3 Å². The van der Waals surface area contributed by atoms with Crippen molar-refractivity contribution in [3.63, 3.8) is 0 Å². The van der Waals surface area contributed by atoms with E-state index in [1.807, 2.05) is 12.3 Å². The maximum Gasteiger partial charge on any atom is 0.213 e. The maximum absolute atomic E-state index is 5.66. The van der Waals surface area contributed by atoms with Crippen molar-refractivity contribution in [2.75, 3.05) is 26.4 Å². The van der Waals surface area contributed by atoms with E-state index < -0.39 is 0 Å². The molecule has 0 spiro atoms. The lowest BCUT2D eigenvalue weighted by Gasteiger charge is -2.10. The number of nitrogens with one attached hydrogen (secondary N) is 1. The van der Waals surface area contributed by atoms with Crippen molar-refractivity contribution in [1.29, 1.82) is 0 Å². The molecule has 0 aromatic carbocycles. The van der Waals surface area contributed by atoms with Crippen molar-refractivity contribution in [3.8, 4) is 5.88 Å². The zero-order chi connectivity index (χ0) is 12.6. The van der Waals surface area contributed by atoms with Crippen LogP contribution in [0.1, 0.15) is 25.3 Å². The van der Waals surface area contributed by atoms with Gasteiger partial charge < -0.3 is 14.8 Å². The highest BCUT2D eigenvalue weighted by Gasteiger charge is 2.16. The zero-order valence-corrected chi connectivity index (χ0v) is 11.0. The molecule has 4 heteroatoms. The van der Waals surface area contributed by atoms with E-state index in [-0.39, 0.29) is 0 Å². The predicted octanol–water partition coefficient (Wildman–Crippen LogP) is 2.00. The second kappa shape index (κ2) is 7.34. The third kappa shape index (κ3) is 4.27. The molecule has 4 nitrogen and oxygen atoms in total. The largest absolute Gasteiger partial charge is 0.477 e. The maximum atomic E-state index is 5.66. The first kappa shape index (κ1) is 13.3. The minimum absolute atomic E-state index is 0.526. The van der Waals surface area contributed by atoms with Gasteiger partial charge in [-0.3, -0.25) is 0 Å². The van der Waals surface area contributed by atoms with Crippen molar-refractivity contribution < 1.29 is 9.47 Å². The van der Waals surface area contributed by atoms with Crippen molar-refractivity contribution in [2.45, 2.75) is 26.3 Å². The fourth-order valence-corrected chi connectivity index (χ4v) is 1.93. The molecular weight excluding hydrogens is 228 g/mol. The van der Waals surface area contributed by atoms with Crippen molar-refractivity contribution in [2.24, 2.45) is 5.92 Å². The van der Waals surface area contributed by atoms with Gasteiger partial charge in [0.05, 0.1) is 13.2 Å². The van der Waals surface area contributed by atoms with E-state index in [4.69, 9.17) is 9.47 Å². The minimum atomic E-state index is 0.526. The summed E-state index contributed by atoms with van der Waals surface area (Å²) in [6.07, 6.45) is 4.13. The predicted molar refractivity (Wildman–Crippen MR) is 70.7 cm³/mol. The van der Waals surface area contributed by atoms with E-state index in [1.165, 1.54) is 5.56 Å². The molecule has 1 aromatic heterocycles. The summed E-state index contributed by atoms with van der Waals surface area (Å²) in [6, 6.07) is 4.01. The van der Waals surface area contributed by atoms with Gasteiger partial charge in [0.2, 0.25) is 5.88 Å². The van der Waals surface area contributed by atoms with Crippen LogP contribution in [0.4, 0.5) is 0 Å². The summed E-state index contributed by atoms with van der Waals surface area (Å²) in [5.41, 5.74) is 1.19. The number of rotatable bonds is 7. The fourth-order valence-electron chi connectivity index (χ4n) is 1.93. The Kier molecular flexibility index (Phi) is 5.42. The van der Waals surface area contributed by atoms with Gasteiger partial charge in [0.1, 0.15) is 0 Å². The average molecular weight is 250 g/mol. The third-order valence-electron chi connectivity index (χ3n) is 3.04. The molecule has 2 rings (SSSR count). The summed E-state index contributed by atoms with van der Waals surface area (Å²) in [4.78, 5) is 4.32. The number of hydrogen-bond donors (Lipinski definition) is 1. The first-order valence-electron chi connectivity index (χ1n) is 6.74. The van der Waals surface area contributed by atoms with Crippen molar-refractivity contribution >= 4 is 0 Å². The van der Waals surface area contributed by atoms with Gasteiger partial charge in [0, 0.05) is 31.3 Å². The van der Waals surface area contributed by atoms with Crippen LogP contribution >= 0.6 is 0 Å². The van der Waals surface area contributed by atoms with Crippen LogP contribution in [0.2, 0.25) is 0 Å². The van der Waals surface area contributed by atoms with Crippen LogP contribution < -0.4 is 10.1 Å². The molecule has 1 saturated heterocycles. The molecule has 1 fully saturated rings. The van der Waals surface area contributed by atoms with Gasteiger partial charge in [0.15, 0.2) is 0 Å². The van der Waals surface area contributed by atoms with Gasteiger partial charge in [-0.15, -0.1) is 0 Å². The number of aromatic nitrogens is 1. The van der Waals surface area contributed by atoms with E-state index >= 15 is 0 Å². The number of hydrogen-bond acceptors (Lipinski definition) is 4. The fraction of sp³-hybridized carbons (Fsp3) is 0.643. The highest BCUT2D eigenvalue weighted by molar-refractivity contribution is 5.17. The van der Waals surface area contributed by atoms with Crippen LogP contribution in [-0.2, 0) is 11.3 Å². The van der Waals surface area contributed by atoms with Gasteiger partial charge in [-0.2, -0.15) is 0 Å². The summed E-state index contributed by atoms with van der Waals surface area (Å²) in [7, 11) is 0. The summed E-state index contributed by atoms with van der Waals surface area (Å²) in [6.45, 7) is 6.47. The molecule has 1 aliphatic heterocycles. The molecule has 1 atom stereocenters. The van der Waals surface area contributed by atoms with Gasteiger partial charge >= 0.3 is 0 Å². The molecule has 1 aliphatic rings. The van der Waals surface area contributed by atoms with Crippen LogP contribution in [0.3, 0.4) is 0 Å². The SMILES string of the molecule is CCCNCc1ccc(OCC2CCOC2)nc1. The monoisotopic (exact) mass is 250 g/mol. The molecule has 2 heterocycles. The first-order chi connectivity index (χ1) is 8.88. The molecule has 0 aliphatic carbocycles. The Hall–Kier alpha value is -1.13. The van der Waals surface area contributed by atoms with Crippen molar-refractivity contribution in [3.05, 3.63) is 23.9 Å². The molecule has 0 radical (unpaired) electrons. The normalized spacial score (nSPS) is 19.1. The van der Waals surface area contributed by atoms with E-state index in [9.17, 15) is 0 Å². The molecule has 0 bridgehead atoms. The number of ether oxygens (including phenoxy) is 2. The molecule has 1 unspecified atom stereocenters. The topological polar surface area (TPSA) is 43.4 Å². The molecule has 0 amide bonds. The lowest BCUT2D eigenvalue weighted by molar-refractivity contribution is 0.165. The first-order valence-corrected chi connectivity index (χ1v) is 6.74. The number of pyridine rings is 1. The average Bonchev–Trinajstić information content (AvgIpc) is 2.91. The second-order valence-corrected chi connectivity index (χ2v) is 4.72. The van der Waals surface area contributed by atoms with Crippen molar-refractivity contribution in [1.82, 2.24) is 10.3 Å². The lowest BCUT2D eigenvalue weighted by atomic mass is 10.1. The summed E-state index contributed by atoms with van der Waals surface area (Å²) in [5.74, 6) is 1.24. The molecule has 18 heavy (non-hydrogen) atoms. The highest BCUT2D eigenvalue weighted by atomic mass is 16.5. The minimum Gasteiger partial charge on any atom is -0.477 e. The van der Waals surface area contributed by atoms with E-state index in [0.717, 1.165) is 39.1 Å². The Labute approximate surface area is 109 Å². The van der Waals surface area contributed by atoms with Gasteiger partial charge in [-0.1, -0.05) is 13.0 Å². The standard InChI is InChI=1S/C14H22N2O2/c1-2-6-15-8-12-3-4-14(16-9-12)18-11-13-5-7-17-10-13/h3-4,9,13,15H,2,5-8,10-11H2,1H3. The molecular formula is C14H22N2O2. The smallest absolute Gasteiger partial charge is 0.213 e. The van der Waals surface area contributed by atoms with Gasteiger partial charge in [0.25, 0.3) is 0 Å². The summed E-state index contributed by atoms with van der Waals surface area (Å²) >= 11 is 0. The number of nitrogens with zero attached hydrogens (tertiary/aromatic N) is 1. The Morgan fingerprint density at radius 1 is 1.50 bits per heavy atom. The van der Waals surface area contributed by atoms with E-state index in [0.29, 0.717) is 18.4 Å². The summed E-state index contributed by atoms with van der Waals surface area (Å²) < 4.78 is 11.0. The molecule has 100 valence electrons. The molecule has 0 saturated carbocycles. The van der Waals surface area contributed by atoms with Crippen LogP contribution in [0, 0.1) is 5.92 Å².